The molecule has 2 aromatic carbocycles. The van der Waals surface area contributed by atoms with Crippen LogP contribution in [0.15, 0.2) is 34.8 Å². The molecule has 1 aliphatic rings. The molecule has 1 aliphatic carbocycles. The molecular weight excluding hydrogens is 342 g/mol. The molecule has 1 N–H and O–H groups in total. The Morgan fingerprint density at radius 1 is 1.24 bits per heavy atom. The van der Waals surface area contributed by atoms with E-state index >= 15 is 0 Å². The molecule has 0 aromatic heterocycles. The van der Waals surface area contributed by atoms with Crippen molar-refractivity contribution in [2.45, 2.75) is 25.6 Å². The van der Waals surface area contributed by atoms with Crippen molar-refractivity contribution in [2.75, 3.05) is 0 Å². The van der Waals surface area contributed by atoms with E-state index in [2.05, 4.69) is 15.9 Å². The van der Waals surface area contributed by atoms with Gasteiger partial charge in [-0.2, -0.15) is 0 Å². The van der Waals surface area contributed by atoms with Crippen LogP contribution in [0.4, 0.5) is 8.78 Å². The van der Waals surface area contributed by atoms with Gasteiger partial charge in [0.1, 0.15) is 24.0 Å². The second-order valence-electron chi connectivity index (χ2n) is 5.03. The lowest BCUT2D eigenvalue weighted by atomic mass is 10.1. The van der Waals surface area contributed by atoms with Gasteiger partial charge in [0.2, 0.25) is 0 Å². The number of ether oxygens (including phenoxy) is 1. The quantitative estimate of drug-likeness (QED) is 0.833. The fourth-order valence-corrected chi connectivity index (χ4v) is 2.89. The van der Waals surface area contributed by atoms with Crippen molar-refractivity contribution in [2.24, 2.45) is 0 Å². The highest BCUT2D eigenvalue weighted by atomic mass is 79.9. The normalized spacial score (nSPS) is 16.9. The Morgan fingerprint density at radius 3 is 2.86 bits per heavy atom. The number of rotatable bonds is 3. The van der Waals surface area contributed by atoms with E-state index in [9.17, 15) is 13.9 Å². The van der Waals surface area contributed by atoms with Crippen LogP contribution in [0, 0.1) is 11.6 Å². The Balaban J connectivity index is 1.79. The molecule has 0 saturated heterocycles. The Morgan fingerprint density at radius 2 is 2.05 bits per heavy atom. The van der Waals surface area contributed by atoms with Crippen LogP contribution in [-0.2, 0) is 13.0 Å². The van der Waals surface area contributed by atoms with Crippen molar-refractivity contribution in [3.05, 3.63) is 63.1 Å². The fourth-order valence-electron chi connectivity index (χ4n) is 2.52. The summed E-state index contributed by atoms with van der Waals surface area (Å²) < 4.78 is 33.2. The maximum atomic E-state index is 13.8. The van der Waals surface area contributed by atoms with E-state index in [1.807, 2.05) is 6.07 Å². The molecule has 0 radical (unpaired) electrons. The van der Waals surface area contributed by atoms with E-state index in [0.29, 0.717) is 12.2 Å². The highest BCUT2D eigenvalue weighted by molar-refractivity contribution is 9.10. The molecule has 3 rings (SSSR count). The molecule has 0 spiro atoms. The third kappa shape index (κ3) is 2.80. The van der Waals surface area contributed by atoms with Gasteiger partial charge < -0.3 is 9.84 Å². The summed E-state index contributed by atoms with van der Waals surface area (Å²) in [7, 11) is 0. The number of hydrogen-bond acceptors (Lipinski definition) is 2. The Hall–Kier alpha value is -1.46. The minimum absolute atomic E-state index is 0.107. The summed E-state index contributed by atoms with van der Waals surface area (Å²) in [6.45, 7) is -0.182. The number of hydrogen-bond donors (Lipinski definition) is 1. The van der Waals surface area contributed by atoms with Crippen LogP contribution in [0.25, 0.3) is 0 Å². The largest absolute Gasteiger partial charge is 0.489 e. The zero-order valence-electron chi connectivity index (χ0n) is 11.1. The molecule has 0 amide bonds. The van der Waals surface area contributed by atoms with Crippen LogP contribution in [0.3, 0.4) is 0 Å². The first-order chi connectivity index (χ1) is 10.1. The van der Waals surface area contributed by atoms with Gasteiger partial charge in [-0.15, -0.1) is 0 Å². The Labute approximate surface area is 129 Å². The smallest absolute Gasteiger partial charge is 0.146 e. The summed E-state index contributed by atoms with van der Waals surface area (Å²) in [5.74, 6) is -0.736. The summed E-state index contributed by atoms with van der Waals surface area (Å²) >= 11 is 3.03. The lowest BCUT2D eigenvalue weighted by Gasteiger charge is -2.11. The monoisotopic (exact) mass is 354 g/mol. The van der Waals surface area contributed by atoms with Gasteiger partial charge in [0, 0.05) is 0 Å². The van der Waals surface area contributed by atoms with Crippen molar-refractivity contribution in [3.8, 4) is 5.75 Å². The van der Waals surface area contributed by atoms with E-state index in [1.165, 1.54) is 12.1 Å². The van der Waals surface area contributed by atoms with Crippen molar-refractivity contribution in [1.29, 1.82) is 0 Å². The average Bonchev–Trinajstić information content (AvgIpc) is 2.84. The first kappa shape index (κ1) is 14.5. The summed E-state index contributed by atoms with van der Waals surface area (Å²) in [6.07, 6.45) is 1.06. The number of fused-ring (bicyclic) bond motifs is 1. The van der Waals surface area contributed by atoms with Gasteiger partial charge in [-0.1, -0.05) is 6.07 Å². The van der Waals surface area contributed by atoms with Crippen molar-refractivity contribution in [3.63, 3.8) is 0 Å². The number of halogens is 3. The summed E-state index contributed by atoms with van der Waals surface area (Å²) in [5, 5.41) is 9.74. The maximum absolute atomic E-state index is 13.8. The highest BCUT2D eigenvalue weighted by Gasteiger charge is 2.20. The van der Waals surface area contributed by atoms with E-state index in [4.69, 9.17) is 4.74 Å². The Kier molecular flexibility index (Phi) is 3.95. The molecule has 1 atom stereocenters. The summed E-state index contributed by atoms with van der Waals surface area (Å²) in [4.78, 5) is 0. The zero-order valence-corrected chi connectivity index (χ0v) is 12.7. The van der Waals surface area contributed by atoms with Gasteiger partial charge in [0.05, 0.1) is 16.1 Å². The predicted molar refractivity (Wildman–Crippen MR) is 78.1 cm³/mol. The first-order valence-corrected chi connectivity index (χ1v) is 7.41. The molecule has 2 nitrogen and oxygen atoms in total. The second kappa shape index (κ2) is 5.73. The molecule has 2 aromatic rings. The molecule has 0 bridgehead atoms. The minimum Gasteiger partial charge on any atom is -0.489 e. The van der Waals surface area contributed by atoms with Gasteiger partial charge in [-0.25, -0.2) is 8.78 Å². The molecule has 0 saturated carbocycles. The molecular formula is C16H13BrF2O2. The zero-order chi connectivity index (χ0) is 15.0. The average molecular weight is 355 g/mol. The van der Waals surface area contributed by atoms with Crippen LogP contribution >= 0.6 is 15.9 Å². The van der Waals surface area contributed by atoms with Gasteiger partial charge in [-0.05, 0) is 64.2 Å². The van der Waals surface area contributed by atoms with Crippen LogP contribution in [-0.4, -0.2) is 5.11 Å². The van der Waals surface area contributed by atoms with Crippen molar-refractivity contribution >= 4 is 15.9 Å². The molecule has 110 valence electrons. The van der Waals surface area contributed by atoms with E-state index < -0.39 is 17.7 Å². The standard InChI is InChI=1S/C16H13BrF2O2/c17-13-4-5-14(18)12(16(13)19)8-21-10-2-3-11-9(7-10)1-6-15(11)20/h2-5,7,15,20H,1,6,8H2. The van der Waals surface area contributed by atoms with E-state index in [-0.39, 0.29) is 16.6 Å². The Bertz CT molecular complexity index is 688. The minimum atomic E-state index is -0.647. The highest BCUT2D eigenvalue weighted by Crippen LogP contribution is 2.33. The molecule has 1 unspecified atom stereocenters. The van der Waals surface area contributed by atoms with E-state index in [1.54, 1.807) is 12.1 Å². The van der Waals surface area contributed by atoms with Crippen LogP contribution in [0.5, 0.6) is 5.75 Å². The third-order valence-corrected chi connectivity index (χ3v) is 4.30. The van der Waals surface area contributed by atoms with Crippen LogP contribution in [0.1, 0.15) is 29.2 Å². The van der Waals surface area contributed by atoms with Gasteiger partial charge in [0.15, 0.2) is 0 Å². The molecule has 5 heteroatoms. The number of aryl methyl sites for hydroxylation is 1. The summed E-state index contributed by atoms with van der Waals surface area (Å²) in [5.41, 5.74) is 1.82. The molecule has 0 fully saturated rings. The van der Waals surface area contributed by atoms with Crippen molar-refractivity contribution < 1.29 is 18.6 Å². The van der Waals surface area contributed by atoms with Gasteiger partial charge in [-0.3, -0.25) is 0 Å². The lowest BCUT2D eigenvalue weighted by Crippen LogP contribution is -2.03. The number of benzene rings is 2. The SMILES string of the molecule is OC1CCc2cc(OCc3c(F)ccc(Br)c3F)ccc21. The van der Waals surface area contributed by atoms with Crippen LogP contribution in [0.2, 0.25) is 0 Å². The van der Waals surface area contributed by atoms with E-state index in [0.717, 1.165) is 17.5 Å². The lowest BCUT2D eigenvalue weighted by molar-refractivity contribution is 0.180. The molecule has 0 heterocycles. The number of aliphatic hydroxyl groups is 1. The van der Waals surface area contributed by atoms with Crippen LogP contribution < -0.4 is 4.74 Å². The third-order valence-electron chi connectivity index (χ3n) is 3.68. The number of aliphatic hydroxyl groups excluding tert-OH is 1. The summed E-state index contributed by atoms with van der Waals surface area (Å²) in [6, 6.07) is 7.85. The maximum Gasteiger partial charge on any atom is 0.146 e. The van der Waals surface area contributed by atoms with Gasteiger partial charge >= 0.3 is 0 Å². The molecule has 21 heavy (non-hydrogen) atoms. The first-order valence-electron chi connectivity index (χ1n) is 6.62. The van der Waals surface area contributed by atoms with Crippen molar-refractivity contribution in [1.82, 2.24) is 0 Å². The topological polar surface area (TPSA) is 29.5 Å². The fraction of sp³-hybridized carbons (Fsp3) is 0.250. The second-order valence-corrected chi connectivity index (χ2v) is 5.88. The predicted octanol–water partition coefficient (Wildman–Crippen LogP) is 4.29. The molecule has 0 aliphatic heterocycles. The van der Waals surface area contributed by atoms with Gasteiger partial charge in [0.25, 0.3) is 0 Å².